The Bertz CT molecular complexity index is 967. The molecule has 2 aromatic rings. The Morgan fingerprint density at radius 3 is 2.45 bits per heavy atom. The molecule has 0 bridgehead atoms. The summed E-state index contributed by atoms with van der Waals surface area (Å²) in [6, 6.07) is 10.7. The van der Waals surface area contributed by atoms with Crippen molar-refractivity contribution in [1.29, 1.82) is 0 Å². The zero-order valence-electron chi connectivity index (χ0n) is 17.3. The molecule has 0 atom stereocenters. The van der Waals surface area contributed by atoms with E-state index < -0.39 is 0 Å². The average molecular weight is 394 g/mol. The van der Waals surface area contributed by atoms with Crippen LogP contribution in [-0.2, 0) is 4.74 Å². The van der Waals surface area contributed by atoms with Crippen LogP contribution in [-0.4, -0.2) is 49.4 Å². The summed E-state index contributed by atoms with van der Waals surface area (Å²) < 4.78 is 5.00. The van der Waals surface area contributed by atoms with Crippen LogP contribution < -0.4 is 4.90 Å². The van der Waals surface area contributed by atoms with Crippen LogP contribution in [0.4, 0.5) is 5.69 Å². The molecule has 0 unspecified atom stereocenters. The zero-order valence-corrected chi connectivity index (χ0v) is 17.3. The van der Waals surface area contributed by atoms with E-state index in [-0.39, 0.29) is 23.3 Å². The third-order valence-electron chi connectivity index (χ3n) is 5.16. The van der Waals surface area contributed by atoms with E-state index in [4.69, 9.17) is 4.74 Å². The molecule has 0 spiro atoms. The number of amides is 3. The van der Waals surface area contributed by atoms with Crippen molar-refractivity contribution in [3.63, 3.8) is 0 Å². The molecule has 0 radical (unpaired) electrons. The summed E-state index contributed by atoms with van der Waals surface area (Å²) in [6.45, 7) is 7.13. The smallest absolute Gasteiger partial charge is 0.261 e. The molecule has 3 amide bonds. The van der Waals surface area contributed by atoms with Crippen LogP contribution in [0.3, 0.4) is 0 Å². The zero-order chi connectivity index (χ0) is 21.1. The van der Waals surface area contributed by atoms with Crippen LogP contribution in [0.15, 0.2) is 36.4 Å². The fourth-order valence-electron chi connectivity index (χ4n) is 3.58. The van der Waals surface area contributed by atoms with Gasteiger partial charge in [0.15, 0.2) is 0 Å². The number of hydrogen-bond acceptors (Lipinski definition) is 4. The molecule has 0 aromatic heterocycles. The maximum Gasteiger partial charge on any atom is 0.261 e. The average Bonchev–Trinajstić information content (AvgIpc) is 2.95. The van der Waals surface area contributed by atoms with Crippen LogP contribution in [0.2, 0.25) is 0 Å². The largest absolute Gasteiger partial charge is 0.385 e. The second-order valence-electron chi connectivity index (χ2n) is 7.21. The lowest BCUT2D eigenvalue weighted by molar-refractivity contribution is 0.0638. The van der Waals surface area contributed by atoms with Crippen molar-refractivity contribution in [2.24, 2.45) is 0 Å². The maximum absolute atomic E-state index is 13.2. The van der Waals surface area contributed by atoms with E-state index in [0.29, 0.717) is 37.2 Å². The molecule has 152 valence electrons. The molecule has 1 aliphatic rings. The van der Waals surface area contributed by atoms with Crippen molar-refractivity contribution in [1.82, 2.24) is 4.90 Å². The molecule has 0 saturated carbocycles. The quantitative estimate of drug-likeness (QED) is 0.532. The van der Waals surface area contributed by atoms with Gasteiger partial charge in [0.25, 0.3) is 17.7 Å². The van der Waals surface area contributed by atoms with Crippen LogP contribution in [0.1, 0.15) is 55.5 Å². The first-order chi connectivity index (χ1) is 13.9. The topological polar surface area (TPSA) is 66.9 Å². The number of hydrogen-bond donors (Lipinski definition) is 0. The van der Waals surface area contributed by atoms with Gasteiger partial charge in [0.1, 0.15) is 0 Å². The minimum Gasteiger partial charge on any atom is -0.385 e. The molecule has 0 saturated heterocycles. The van der Waals surface area contributed by atoms with Crippen LogP contribution in [0.5, 0.6) is 0 Å². The molecule has 29 heavy (non-hydrogen) atoms. The fourth-order valence-corrected chi connectivity index (χ4v) is 3.58. The Labute approximate surface area is 171 Å². The van der Waals surface area contributed by atoms with E-state index in [1.807, 2.05) is 39.0 Å². The number of nitrogens with zero attached hydrogens (tertiary/aromatic N) is 2. The number of imide groups is 1. The number of rotatable bonds is 7. The Hall–Kier alpha value is -2.99. The highest BCUT2D eigenvalue weighted by Crippen LogP contribution is 2.27. The monoisotopic (exact) mass is 394 g/mol. The third kappa shape index (κ3) is 3.93. The lowest BCUT2D eigenvalue weighted by atomic mass is 10.0. The van der Waals surface area contributed by atoms with Gasteiger partial charge in [0, 0.05) is 38.1 Å². The molecule has 0 aliphatic carbocycles. The van der Waals surface area contributed by atoms with Gasteiger partial charge >= 0.3 is 0 Å². The van der Waals surface area contributed by atoms with E-state index in [1.165, 1.54) is 4.90 Å². The van der Waals surface area contributed by atoms with Gasteiger partial charge in [-0.25, -0.2) is 0 Å². The number of methoxy groups -OCH3 is 1. The Morgan fingerprint density at radius 1 is 1.03 bits per heavy atom. The molecule has 6 nitrogen and oxygen atoms in total. The van der Waals surface area contributed by atoms with E-state index in [1.54, 1.807) is 30.2 Å². The third-order valence-corrected chi connectivity index (χ3v) is 5.16. The number of carbonyl (C=O) groups is 3. The van der Waals surface area contributed by atoms with Gasteiger partial charge in [0.05, 0.1) is 11.1 Å². The first-order valence-corrected chi connectivity index (χ1v) is 9.77. The highest BCUT2D eigenvalue weighted by Gasteiger charge is 2.36. The number of aryl methyl sites for hydroxylation is 2. The number of benzene rings is 2. The Kier molecular flexibility index (Phi) is 6.13. The van der Waals surface area contributed by atoms with Gasteiger partial charge < -0.3 is 9.64 Å². The molecule has 1 heterocycles. The summed E-state index contributed by atoms with van der Waals surface area (Å²) >= 11 is 0. The van der Waals surface area contributed by atoms with Crippen molar-refractivity contribution < 1.29 is 19.1 Å². The maximum atomic E-state index is 13.2. The van der Waals surface area contributed by atoms with Crippen molar-refractivity contribution in [3.05, 3.63) is 64.2 Å². The van der Waals surface area contributed by atoms with Gasteiger partial charge in [-0.1, -0.05) is 12.1 Å². The molecular weight excluding hydrogens is 368 g/mol. The standard InChI is InChI=1S/C23H26N2O4/c1-5-24(20-13-15(2)7-8-16(20)3)21(26)17-9-10-18-19(14-17)23(28)25(22(18)27)11-6-12-29-4/h7-10,13-14H,5-6,11-12H2,1-4H3. The minimum atomic E-state index is -0.356. The lowest BCUT2D eigenvalue weighted by Gasteiger charge is -2.23. The number of carbonyl (C=O) groups excluding carboxylic acids is 3. The summed E-state index contributed by atoms with van der Waals surface area (Å²) in [5.74, 6) is -0.866. The van der Waals surface area contributed by atoms with Crippen LogP contribution in [0, 0.1) is 13.8 Å². The molecule has 1 aliphatic heterocycles. The molecule has 3 rings (SSSR count). The van der Waals surface area contributed by atoms with Crippen LogP contribution in [0.25, 0.3) is 0 Å². The predicted molar refractivity (Wildman–Crippen MR) is 112 cm³/mol. The highest BCUT2D eigenvalue weighted by atomic mass is 16.5. The summed E-state index contributed by atoms with van der Waals surface area (Å²) in [7, 11) is 1.58. The van der Waals surface area contributed by atoms with Gasteiger partial charge in [-0.3, -0.25) is 19.3 Å². The Morgan fingerprint density at radius 2 is 1.76 bits per heavy atom. The van der Waals surface area contributed by atoms with E-state index in [0.717, 1.165) is 16.8 Å². The van der Waals surface area contributed by atoms with Gasteiger partial charge in [-0.05, 0) is 62.6 Å². The summed E-state index contributed by atoms with van der Waals surface area (Å²) in [6.07, 6.45) is 0.573. The molecule has 0 N–H and O–H groups in total. The molecule has 0 fully saturated rings. The van der Waals surface area contributed by atoms with Crippen LogP contribution >= 0.6 is 0 Å². The summed E-state index contributed by atoms with van der Waals surface area (Å²) in [4.78, 5) is 41.4. The van der Waals surface area contributed by atoms with Crippen molar-refractivity contribution >= 4 is 23.4 Å². The Balaban J connectivity index is 1.90. The van der Waals surface area contributed by atoms with E-state index >= 15 is 0 Å². The first kappa shape index (κ1) is 20.7. The SMILES string of the molecule is CCN(C(=O)c1ccc2c(c1)C(=O)N(CCCOC)C2=O)c1cc(C)ccc1C. The van der Waals surface area contributed by atoms with E-state index in [2.05, 4.69) is 0 Å². The van der Waals surface area contributed by atoms with Gasteiger partial charge in [-0.2, -0.15) is 0 Å². The van der Waals surface area contributed by atoms with E-state index in [9.17, 15) is 14.4 Å². The number of ether oxygens (including phenoxy) is 1. The highest BCUT2D eigenvalue weighted by molar-refractivity contribution is 6.22. The second-order valence-corrected chi connectivity index (χ2v) is 7.21. The van der Waals surface area contributed by atoms with Crippen molar-refractivity contribution in [2.45, 2.75) is 27.2 Å². The summed E-state index contributed by atoms with van der Waals surface area (Å²) in [5, 5.41) is 0. The molecule has 2 aromatic carbocycles. The number of anilines is 1. The fraction of sp³-hybridized carbons (Fsp3) is 0.348. The lowest BCUT2D eigenvalue weighted by Crippen LogP contribution is -2.32. The van der Waals surface area contributed by atoms with Crippen molar-refractivity contribution in [3.8, 4) is 0 Å². The van der Waals surface area contributed by atoms with Crippen molar-refractivity contribution in [2.75, 3.05) is 31.7 Å². The molecule has 6 heteroatoms. The predicted octanol–water partition coefficient (Wildman–Crippen LogP) is 3.60. The number of fused-ring (bicyclic) bond motifs is 1. The first-order valence-electron chi connectivity index (χ1n) is 9.77. The summed E-state index contributed by atoms with van der Waals surface area (Å²) in [5.41, 5.74) is 3.95. The molecular formula is C23H26N2O4. The van der Waals surface area contributed by atoms with Gasteiger partial charge in [-0.15, -0.1) is 0 Å². The second kappa shape index (κ2) is 8.57. The normalized spacial score (nSPS) is 13.0. The minimum absolute atomic E-state index is 0.193. The van der Waals surface area contributed by atoms with Gasteiger partial charge in [0.2, 0.25) is 0 Å².